The maximum absolute atomic E-state index is 12.0. The Morgan fingerprint density at radius 1 is 1.56 bits per heavy atom. The average Bonchev–Trinajstić information content (AvgIpc) is 2.84. The maximum Gasteiger partial charge on any atom is 0.303 e. The summed E-state index contributed by atoms with van der Waals surface area (Å²) >= 11 is 0. The van der Waals surface area contributed by atoms with Gasteiger partial charge in [-0.05, 0) is 19.8 Å². The van der Waals surface area contributed by atoms with Gasteiger partial charge in [0.1, 0.15) is 0 Å². The molecular formula is C12H22N2O4. The number of amides is 1. The van der Waals surface area contributed by atoms with Crippen molar-refractivity contribution in [2.45, 2.75) is 32.2 Å². The summed E-state index contributed by atoms with van der Waals surface area (Å²) in [6.45, 7) is 4.58. The average molecular weight is 258 g/mol. The minimum atomic E-state index is -0.925. The molecular weight excluding hydrogens is 236 g/mol. The van der Waals surface area contributed by atoms with Gasteiger partial charge in [-0.2, -0.15) is 0 Å². The van der Waals surface area contributed by atoms with E-state index in [4.69, 9.17) is 15.6 Å². The van der Waals surface area contributed by atoms with Crippen LogP contribution in [0.15, 0.2) is 0 Å². The summed E-state index contributed by atoms with van der Waals surface area (Å²) in [5.41, 5.74) is 5.73. The smallest absolute Gasteiger partial charge is 0.303 e. The van der Waals surface area contributed by atoms with Crippen LogP contribution in [-0.2, 0) is 14.3 Å². The van der Waals surface area contributed by atoms with Gasteiger partial charge in [0, 0.05) is 32.0 Å². The number of rotatable bonds is 7. The van der Waals surface area contributed by atoms with Gasteiger partial charge in [0.05, 0.1) is 12.6 Å². The Kier molecular flexibility index (Phi) is 6.07. The SMILES string of the molecule is CCN(CC1CCOC1)C(=O)C(N)CCC(=O)O. The molecule has 0 aliphatic carbocycles. The highest BCUT2D eigenvalue weighted by atomic mass is 16.5. The molecule has 1 aliphatic heterocycles. The lowest BCUT2D eigenvalue weighted by Gasteiger charge is -2.26. The first-order chi connectivity index (χ1) is 8.54. The largest absolute Gasteiger partial charge is 0.481 e. The Balaban J connectivity index is 2.41. The number of ether oxygens (including phenoxy) is 1. The Morgan fingerprint density at radius 2 is 2.28 bits per heavy atom. The van der Waals surface area contributed by atoms with Crippen molar-refractivity contribution in [2.75, 3.05) is 26.3 Å². The van der Waals surface area contributed by atoms with Crippen LogP contribution in [0, 0.1) is 5.92 Å². The third-order valence-electron chi connectivity index (χ3n) is 3.18. The molecule has 1 rings (SSSR count). The standard InChI is InChI=1S/C12H22N2O4/c1-2-14(7-9-5-6-18-8-9)12(17)10(13)3-4-11(15)16/h9-10H,2-8,13H2,1H3,(H,15,16). The van der Waals surface area contributed by atoms with E-state index < -0.39 is 12.0 Å². The van der Waals surface area contributed by atoms with Crippen molar-refractivity contribution in [3.63, 3.8) is 0 Å². The van der Waals surface area contributed by atoms with E-state index in [0.29, 0.717) is 25.6 Å². The maximum atomic E-state index is 12.0. The molecule has 6 nitrogen and oxygen atoms in total. The number of hydrogen-bond acceptors (Lipinski definition) is 4. The van der Waals surface area contributed by atoms with E-state index >= 15 is 0 Å². The molecule has 2 unspecified atom stereocenters. The number of nitrogens with two attached hydrogens (primary N) is 1. The fourth-order valence-corrected chi connectivity index (χ4v) is 2.05. The van der Waals surface area contributed by atoms with Crippen LogP contribution in [0.1, 0.15) is 26.2 Å². The zero-order chi connectivity index (χ0) is 13.5. The van der Waals surface area contributed by atoms with E-state index in [9.17, 15) is 9.59 Å². The van der Waals surface area contributed by atoms with E-state index in [1.807, 2.05) is 6.92 Å². The van der Waals surface area contributed by atoms with Crippen LogP contribution in [-0.4, -0.2) is 54.2 Å². The van der Waals surface area contributed by atoms with Crippen LogP contribution < -0.4 is 5.73 Å². The van der Waals surface area contributed by atoms with Crippen LogP contribution in [0.3, 0.4) is 0 Å². The molecule has 0 aromatic carbocycles. The van der Waals surface area contributed by atoms with Crippen molar-refractivity contribution in [1.82, 2.24) is 4.90 Å². The number of nitrogens with zero attached hydrogens (tertiary/aromatic N) is 1. The normalized spacial score (nSPS) is 20.7. The van der Waals surface area contributed by atoms with E-state index in [-0.39, 0.29) is 18.7 Å². The lowest BCUT2D eigenvalue weighted by Crippen LogP contribution is -2.45. The molecule has 3 N–H and O–H groups in total. The van der Waals surface area contributed by atoms with Crippen LogP contribution in [0.4, 0.5) is 0 Å². The second-order valence-corrected chi connectivity index (χ2v) is 4.65. The second kappa shape index (κ2) is 7.33. The Hall–Kier alpha value is -1.14. The van der Waals surface area contributed by atoms with Crippen LogP contribution in [0.2, 0.25) is 0 Å². The molecule has 0 saturated carbocycles. The zero-order valence-electron chi connectivity index (χ0n) is 10.8. The molecule has 1 aliphatic rings. The fourth-order valence-electron chi connectivity index (χ4n) is 2.05. The van der Waals surface area contributed by atoms with Crippen LogP contribution >= 0.6 is 0 Å². The predicted octanol–water partition coefficient (Wildman–Crippen LogP) is 0.0635. The Bertz CT molecular complexity index is 290. The topological polar surface area (TPSA) is 92.9 Å². The van der Waals surface area contributed by atoms with Gasteiger partial charge in [-0.15, -0.1) is 0 Å². The molecule has 1 heterocycles. The summed E-state index contributed by atoms with van der Waals surface area (Å²) in [5, 5.41) is 8.57. The number of aliphatic carboxylic acids is 1. The van der Waals surface area contributed by atoms with Crippen LogP contribution in [0.25, 0.3) is 0 Å². The summed E-state index contributed by atoms with van der Waals surface area (Å²) in [6.07, 6.45) is 1.08. The van der Waals surface area contributed by atoms with Gasteiger partial charge in [-0.1, -0.05) is 0 Å². The lowest BCUT2D eigenvalue weighted by atomic mass is 10.1. The predicted molar refractivity (Wildman–Crippen MR) is 66.0 cm³/mol. The first-order valence-corrected chi connectivity index (χ1v) is 6.38. The molecule has 0 aromatic rings. The van der Waals surface area contributed by atoms with Gasteiger partial charge in [0.2, 0.25) is 5.91 Å². The Morgan fingerprint density at radius 3 is 2.78 bits per heavy atom. The first-order valence-electron chi connectivity index (χ1n) is 6.38. The van der Waals surface area contributed by atoms with Gasteiger partial charge >= 0.3 is 5.97 Å². The molecule has 0 radical (unpaired) electrons. The highest BCUT2D eigenvalue weighted by Crippen LogP contribution is 2.14. The molecule has 0 spiro atoms. The summed E-state index contributed by atoms with van der Waals surface area (Å²) < 4.78 is 5.27. The highest BCUT2D eigenvalue weighted by molar-refractivity contribution is 5.82. The van der Waals surface area contributed by atoms with E-state index in [2.05, 4.69) is 0 Å². The number of carboxylic acid groups (broad SMARTS) is 1. The molecule has 1 fully saturated rings. The summed E-state index contributed by atoms with van der Waals surface area (Å²) in [6, 6.07) is -0.719. The summed E-state index contributed by atoms with van der Waals surface area (Å²) in [4.78, 5) is 24.2. The molecule has 1 amide bonds. The lowest BCUT2D eigenvalue weighted by molar-refractivity contribution is -0.137. The van der Waals surface area contributed by atoms with Crippen molar-refractivity contribution < 1.29 is 19.4 Å². The van der Waals surface area contributed by atoms with Gasteiger partial charge in [0.25, 0.3) is 0 Å². The fraction of sp³-hybridized carbons (Fsp3) is 0.833. The van der Waals surface area contributed by atoms with E-state index in [1.165, 1.54) is 0 Å². The van der Waals surface area contributed by atoms with E-state index in [1.54, 1.807) is 4.90 Å². The number of carbonyl (C=O) groups is 2. The number of carbonyl (C=O) groups excluding carboxylic acids is 1. The van der Waals surface area contributed by atoms with Gasteiger partial charge in [0.15, 0.2) is 0 Å². The minimum Gasteiger partial charge on any atom is -0.481 e. The van der Waals surface area contributed by atoms with Crippen molar-refractivity contribution in [2.24, 2.45) is 11.7 Å². The monoisotopic (exact) mass is 258 g/mol. The molecule has 104 valence electrons. The van der Waals surface area contributed by atoms with Crippen LogP contribution in [0.5, 0.6) is 0 Å². The van der Waals surface area contributed by atoms with Crippen molar-refractivity contribution in [1.29, 1.82) is 0 Å². The minimum absolute atomic E-state index is 0.0724. The van der Waals surface area contributed by atoms with Crippen molar-refractivity contribution in [3.8, 4) is 0 Å². The first kappa shape index (κ1) is 14.9. The zero-order valence-corrected chi connectivity index (χ0v) is 10.8. The van der Waals surface area contributed by atoms with Crippen molar-refractivity contribution in [3.05, 3.63) is 0 Å². The highest BCUT2D eigenvalue weighted by Gasteiger charge is 2.25. The molecule has 6 heteroatoms. The molecule has 0 bridgehead atoms. The third-order valence-corrected chi connectivity index (χ3v) is 3.18. The number of hydrogen-bond donors (Lipinski definition) is 2. The second-order valence-electron chi connectivity index (χ2n) is 4.65. The van der Waals surface area contributed by atoms with Crippen molar-refractivity contribution >= 4 is 11.9 Å². The van der Waals surface area contributed by atoms with Gasteiger partial charge in [-0.3, -0.25) is 9.59 Å². The molecule has 18 heavy (non-hydrogen) atoms. The summed E-state index contributed by atoms with van der Waals surface area (Å²) in [5.74, 6) is -0.711. The molecule has 1 saturated heterocycles. The number of carboxylic acids is 1. The molecule has 2 atom stereocenters. The Labute approximate surface area is 107 Å². The quantitative estimate of drug-likeness (QED) is 0.673. The van der Waals surface area contributed by atoms with Gasteiger partial charge < -0.3 is 20.5 Å². The summed E-state index contributed by atoms with van der Waals surface area (Å²) in [7, 11) is 0. The van der Waals surface area contributed by atoms with E-state index in [0.717, 1.165) is 13.0 Å². The molecule has 0 aromatic heterocycles. The third kappa shape index (κ3) is 4.62. The van der Waals surface area contributed by atoms with Gasteiger partial charge in [-0.25, -0.2) is 0 Å². The number of likely N-dealkylation sites (N-methyl/N-ethyl adjacent to an activating group) is 1.